The highest BCUT2D eigenvalue weighted by molar-refractivity contribution is 6.32. The summed E-state index contributed by atoms with van der Waals surface area (Å²) in [6, 6.07) is 4.06. The molecule has 0 spiro atoms. The quantitative estimate of drug-likeness (QED) is 0.875. The fourth-order valence-corrected chi connectivity index (χ4v) is 2.91. The van der Waals surface area contributed by atoms with Crippen molar-refractivity contribution in [1.82, 2.24) is 10.2 Å². The van der Waals surface area contributed by atoms with E-state index in [9.17, 15) is 0 Å². The molecule has 1 N–H and O–H groups in total. The lowest BCUT2D eigenvalue weighted by molar-refractivity contribution is 0.232. The molecule has 116 valence electrons. The van der Waals surface area contributed by atoms with Crippen LogP contribution in [0.4, 0.5) is 0 Å². The molecule has 0 aromatic heterocycles. The Labute approximate surface area is 131 Å². The molecule has 2 aliphatic rings. The Kier molecular flexibility index (Phi) is 4.88. The van der Waals surface area contributed by atoms with Gasteiger partial charge in [0, 0.05) is 32.7 Å². The van der Waals surface area contributed by atoms with Crippen LogP contribution in [0.2, 0.25) is 5.02 Å². The van der Waals surface area contributed by atoms with Crippen LogP contribution in [0.25, 0.3) is 0 Å². The Balaban J connectivity index is 1.70. The minimum Gasteiger partial charge on any atom is -0.493 e. The van der Waals surface area contributed by atoms with Crippen LogP contribution in [0.1, 0.15) is 18.4 Å². The monoisotopic (exact) mass is 310 g/mol. The molecule has 2 fully saturated rings. The van der Waals surface area contributed by atoms with Gasteiger partial charge in [0.15, 0.2) is 11.5 Å². The van der Waals surface area contributed by atoms with Gasteiger partial charge in [-0.25, -0.2) is 0 Å². The van der Waals surface area contributed by atoms with E-state index in [0.29, 0.717) is 16.7 Å². The van der Waals surface area contributed by atoms with Crippen molar-refractivity contribution in [2.45, 2.75) is 19.4 Å². The number of ether oxygens (including phenoxy) is 2. The average Bonchev–Trinajstić information content (AvgIpc) is 3.31. The largest absolute Gasteiger partial charge is 0.493 e. The molecule has 1 saturated heterocycles. The average molecular weight is 311 g/mol. The zero-order chi connectivity index (χ0) is 14.7. The molecule has 1 heterocycles. The number of nitrogens with one attached hydrogen (secondary N) is 1. The van der Waals surface area contributed by atoms with Crippen molar-refractivity contribution in [2.24, 2.45) is 5.92 Å². The predicted molar refractivity (Wildman–Crippen MR) is 84.4 cm³/mol. The number of hydrogen-bond donors (Lipinski definition) is 1. The van der Waals surface area contributed by atoms with Crippen molar-refractivity contribution >= 4 is 11.6 Å². The summed E-state index contributed by atoms with van der Waals surface area (Å²) in [6.07, 6.45) is 2.53. The van der Waals surface area contributed by atoms with E-state index in [4.69, 9.17) is 21.1 Å². The minimum absolute atomic E-state index is 0.653. The summed E-state index contributed by atoms with van der Waals surface area (Å²) in [5.74, 6) is 2.13. The predicted octanol–water partition coefficient (Wildman–Crippen LogP) is 2.54. The molecular formula is C16H23ClN2O2. The maximum Gasteiger partial charge on any atom is 0.179 e. The van der Waals surface area contributed by atoms with E-state index < -0.39 is 0 Å². The Morgan fingerprint density at radius 2 is 2.05 bits per heavy atom. The molecule has 0 amide bonds. The molecular weight excluding hydrogens is 288 g/mol. The van der Waals surface area contributed by atoms with Crippen molar-refractivity contribution in [1.29, 1.82) is 0 Å². The third-order valence-corrected chi connectivity index (χ3v) is 4.35. The Bertz CT molecular complexity index is 485. The topological polar surface area (TPSA) is 33.7 Å². The minimum atomic E-state index is 0.653. The van der Waals surface area contributed by atoms with Gasteiger partial charge in [0.1, 0.15) is 0 Å². The molecule has 1 aromatic rings. The summed E-state index contributed by atoms with van der Waals surface area (Å²) in [5, 5.41) is 4.02. The van der Waals surface area contributed by atoms with E-state index in [0.717, 1.165) is 45.1 Å². The van der Waals surface area contributed by atoms with Gasteiger partial charge in [0.05, 0.1) is 18.7 Å². The summed E-state index contributed by atoms with van der Waals surface area (Å²) in [6.45, 7) is 5.88. The molecule has 4 nitrogen and oxygen atoms in total. The summed E-state index contributed by atoms with van der Waals surface area (Å²) < 4.78 is 11.3. The first-order chi connectivity index (χ1) is 10.3. The van der Waals surface area contributed by atoms with Crippen LogP contribution < -0.4 is 14.8 Å². The number of rotatable bonds is 6. The lowest BCUT2D eigenvalue weighted by Gasteiger charge is -2.27. The first-order valence-corrected chi connectivity index (χ1v) is 8.06. The first-order valence-electron chi connectivity index (χ1n) is 7.68. The van der Waals surface area contributed by atoms with Crippen molar-refractivity contribution in [3.8, 4) is 11.5 Å². The van der Waals surface area contributed by atoms with E-state index in [1.165, 1.54) is 18.4 Å². The highest BCUT2D eigenvalue weighted by Gasteiger charge is 2.23. The highest BCUT2D eigenvalue weighted by Crippen LogP contribution is 2.38. The number of methoxy groups -OCH3 is 1. The second-order valence-corrected chi connectivity index (χ2v) is 6.30. The van der Waals surface area contributed by atoms with Crippen LogP contribution in [0.5, 0.6) is 11.5 Å². The van der Waals surface area contributed by atoms with Crippen molar-refractivity contribution < 1.29 is 9.47 Å². The highest BCUT2D eigenvalue weighted by atomic mass is 35.5. The SMILES string of the molecule is COc1cc(CN2CCNCC2)cc(Cl)c1OCC1CC1. The lowest BCUT2D eigenvalue weighted by Crippen LogP contribution is -2.42. The molecule has 0 bridgehead atoms. The normalized spacial score (nSPS) is 19.5. The molecule has 0 radical (unpaired) electrons. The Morgan fingerprint density at radius 3 is 2.71 bits per heavy atom. The van der Waals surface area contributed by atoms with Crippen LogP contribution in [-0.4, -0.2) is 44.8 Å². The van der Waals surface area contributed by atoms with E-state index in [1.54, 1.807) is 7.11 Å². The zero-order valence-electron chi connectivity index (χ0n) is 12.5. The molecule has 1 aliphatic heterocycles. The van der Waals surface area contributed by atoms with Crippen LogP contribution in [0.15, 0.2) is 12.1 Å². The van der Waals surface area contributed by atoms with Crippen LogP contribution in [0, 0.1) is 5.92 Å². The number of nitrogens with zero attached hydrogens (tertiary/aromatic N) is 1. The van der Waals surface area contributed by atoms with Gasteiger partial charge in [-0.3, -0.25) is 4.90 Å². The summed E-state index contributed by atoms with van der Waals surface area (Å²) in [5.41, 5.74) is 1.18. The second-order valence-electron chi connectivity index (χ2n) is 5.89. The van der Waals surface area contributed by atoms with Crippen LogP contribution >= 0.6 is 11.6 Å². The molecule has 0 unspecified atom stereocenters. The fourth-order valence-electron chi connectivity index (χ4n) is 2.62. The van der Waals surface area contributed by atoms with Gasteiger partial charge in [0.25, 0.3) is 0 Å². The molecule has 3 rings (SSSR count). The van der Waals surface area contributed by atoms with Gasteiger partial charge in [-0.1, -0.05) is 11.6 Å². The first kappa shape index (κ1) is 14.9. The fraction of sp³-hybridized carbons (Fsp3) is 0.625. The second kappa shape index (κ2) is 6.86. The van der Waals surface area contributed by atoms with E-state index in [2.05, 4.69) is 16.3 Å². The van der Waals surface area contributed by atoms with Gasteiger partial charge in [0.2, 0.25) is 0 Å². The van der Waals surface area contributed by atoms with Crippen molar-refractivity contribution in [3.63, 3.8) is 0 Å². The maximum absolute atomic E-state index is 6.40. The standard InChI is InChI=1S/C16H23ClN2O2/c1-20-15-9-13(10-19-6-4-18-5-7-19)8-14(17)16(15)21-11-12-2-3-12/h8-9,12,18H,2-7,10-11H2,1H3. The molecule has 5 heteroatoms. The van der Waals surface area contributed by atoms with Gasteiger partial charge in [-0.2, -0.15) is 0 Å². The van der Waals surface area contributed by atoms with Crippen molar-refractivity contribution in [3.05, 3.63) is 22.7 Å². The van der Waals surface area contributed by atoms with Gasteiger partial charge in [-0.05, 0) is 36.5 Å². The third-order valence-electron chi connectivity index (χ3n) is 4.07. The third kappa shape index (κ3) is 4.02. The van der Waals surface area contributed by atoms with Gasteiger partial charge < -0.3 is 14.8 Å². The van der Waals surface area contributed by atoms with E-state index in [-0.39, 0.29) is 0 Å². The van der Waals surface area contributed by atoms with Crippen molar-refractivity contribution in [2.75, 3.05) is 39.9 Å². The van der Waals surface area contributed by atoms with Crippen LogP contribution in [0.3, 0.4) is 0 Å². The lowest BCUT2D eigenvalue weighted by atomic mass is 10.1. The smallest absolute Gasteiger partial charge is 0.179 e. The zero-order valence-corrected chi connectivity index (χ0v) is 13.3. The summed E-state index contributed by atoms with van der Waals surface area (Å²) >= 11 is 6.40. The number of piperazine rings is 1. The molecule has 0 atom stereocenters. The Hall–Kier alpha value is -0.970. The number of halogens is 1. The van der Waals surface area contributed by atoms with Gasteiger partial charge >= 0.3 is 0 Å². The molecule has 1 aromatic carbocycles. The molecule has 21 heavy (non-hydrogen) atoms. The van der Waals surface area contributed by atoms with E-state index in [1.807, 2.05) is 6.07 Å². The van der Waals surface area contributed by atoms with E-state index >= 15 is 0 Å². The number of benzene rings is 1. The maximum atomic E-state index is 6.40. The van der Waals surface area contributed by atoms with Crippen LogP contribution in [-0.2, 0) is 6.54 Å². The molecule has 1 saturated carbocycles. The summed E-state index contributed by atoms with van der Waals surface area (Å²) in [4.78, 5) is 2.42. The number of hydrogen-bond acceptors (Lipinski definition) is 4. The summed E-state index contributed by atoms with van der Waals surface area (Å²) in [7, 11) is 1.67. The Morgan fingerprint density at radius 1 is 1.29 bits per heavy atom. The van der Waals surface area contributed by atoms with Gasteiger partial charge in [-0.15, -0.1) is 0 Å². The molecule has 1 aliphatic carbocycles.